The third-order valence-corrected chi connectivity index (χ3v) is 2.46. The minimum absolute atomic E-state index is 0.0111. The molecule has 0 spiro atoms. The average Bonchev–Trinajstić information content (AvgIpc) is 2.38. The highest BCUT2D eigenvalue weighted by molar-refractivity contribution is 5.83. The number of carbonyl (C=O) groups is 2. The van der Waals surface area contributed by atoms with Crippen LogP contribution in [0.1, 0.15) is 19.8 Å². The molecule has 1 amide bonds. The zero-order chi connectivity index (χ0) is 14.3. The van der Waals surface area contributed by atoms with Gasteiger partial charge in [-0.15, -0.1) is 0 Å². The maximum Gasteiger partial charge on any atom is 0.326 e. The van der Waals surface area contributed by atoms with Gasteiger partial charge >= 0.3 is 5.97 Å². The van der Waals surface area contributed by atoms with E-state index in [2.05, 4.69) is 5.32 Å². The SMILES string of the molecule is CCC(NC(=O)CCOc1ccccc1F)C(=O)O. The van der Waals surface area contributed by atoms with E-state index >= 15 is 0 Å². The number of halogens is 1. The van der Waals surface area contributed by atoms with E-state index in [0.717, 1.165) is 0 Å². The molecule has 0 fully saturated rings. The third-order valence-electron chi connectivity index (χ3n) is 2.46. The molecule has 6 heteroatoms. The molecule has 0 aliphatic carbocycles. The molecule has 1 rings (SSSR count). The summed E-state index contributed by atoms with van der Waals surface area (Å²) in [5.41, 5.74) is 0. The molecule has 1 aromatic carbocycles. The Morgan fingerprint density at radius 1 is 1.42 bits per heavy atom. The number of amides is 1. The fraction of sp³-hybridized carbons (Fsp3) is 0.385. The first kappa shape index (κ1) is 14.9. The van der Waals surface area contributed by atoms with Gasteiger partial charge < -0.3 is 15.2 Å². The lowest BCUT2D eigenvalue weighted by Gasteiger charge is -2.12. The van der Waals surface area contributed by atoms with Crippen LogP contribution in [0.5, 0.6) is 5.75 Å². The molecular formula is C13H16FNO4. The number of ether oxygens (including phenoxy) is 1. The van der Waals surface area contributed by atoms with E-state index < -0.39 is 23.7 Å². The molecule has 0 saturated heterocycles. The molecular weight excluding hydrogens is 253 g/mol. The molecule has 19 heavy (non-hydrogen) atoms. The molecule has 0 aromatic heterocycles. The van der Waals surface area contributed by atoms with E-state index in [0.29, 0.717) is 6.42 Å². The van der Waals surface area contributed by atoms with Gasteiger partial charge in [0.15, 0.2) is 11.6 Å². The molecule has 0 bridgehead atoms. The number of hydrogen-bond acceptors (Lipinski definition) is 3. The summed E-state index contributed by atoms with van der Waals surface area (Å²) in [6.07, 6.45) is 0.271. The highest BCUT2D eigenvalue weighted by atomic mass is 19.1. The lowest BCUT2D eigenvalue weighted by Crippen LogP contribution is -2.40. The van der Waals surface area contributed by atoms with E-state index in [-0.39, 0.29) is 18.8 Å². The largest absolute Gasteiger partial charge is 0.490 e. The van der Waals surface area contributed by atoms with Crippen LogP contribution in [0.15, 0.2) is 24.3 Å². The number of carboxylic acid groups (broad SMARTS) is 1. The zero-order valence-electron chi connectivity index (χ0n) is 10.6. The lowest BCUT2D eigenvalue weighted by atomic mass is 10.2. The standard InChI is InChI=1S/C13H16FNO4/c1-2-10(13(17)18)15-12(16)7-8-19-11-6-4-3-5-9(11)14/h3-6,10H,2,7-8H2,1H3,(H,15,16)(H,17,18). The van der Waals surface area contributed by atoms with Gasteiger partial charge in [-0.25, -0.2) is 9.18 Å². The fourth-order valence-corrected chi connectivity index (χ4v) is 1.42. The van der Waals surface area contributed by atoms with Crippen LogP contribution in [0.2, 0.25) is 0 Å². The van der Waals surface area contributed by atoms with Gasteiger partial charge in [-0.2, -0.15) is 0 Å². The summed E-state index contributed by atoms with van der Waals surface area (Å²) in [5, 5.41) is 11.1. The Morgan fingerprint density at radius 3 is 2.68 bits per heavy atom. The van der Waals surface area contributed by atoms with Gasteiger partial charge in [-0.05, 0) is 18.6 Å². The summed E-state index contributed by atoms with van der Waals surface area (Å²) in [4.78, 5) is 22.2. The molecule has 2 N–H and O–H groups in total. The molecule has 0 aliphatic heterocycles. The van der Waals surface area contributed by atoms with E-state index in [1.807, 2.05) is 0 Å². The van der Waals surface area contributed by atoms with Crippen LogP contribution in [0.4, 0.5) is 4.39 Å². The van der Waals surface area contributed by atoms with Crippen LogP contribution in [-0.4, -0.2) is 29.6 Å². The smallest absolute Gasteiger partial charge is 0.326 e. The normalized spacial score (nSPS) is 11.7. The first-order chi connectivity index (χ1) is 9.04. The van der Waals surface area contributed by atoms with Crippen molar-refractivity contribution in [2.24, 2.45) is 0 Å². The predicted octanol–water partition coefficient (Wildman–Crippen LogP) is 1.57. The van der Waals surface area contributed by atoms with Crippen molar-refractivity contribution in [3.05, 3.63) is 30.1 Å². The number of nitrogens with one attached hydrogen (secondary N) is 1. The van der Waals surface area contributed by atoms with E-state index in [4.69, 9.17) is 9.84 Å². The van der Waals surface area contributed by atoms with Crippen molar-refractivity contribution < 1.29 is 23.8 Å². The molecule has 1 aromatic rings. The Kier molecular flexibility index (Phi) is 5.78. The Labute approximate surface area is 110 Å². The molecule has 0 radical (unpaired) electrons. The van der Waals surface area contributed by atoms with Crippen LogP contribution in [0.25, 0.3) is 0 Å². The summed E-state index contributed by atoms with van der Waals surface area (Å²) in [7, 11) is 0. The van der Waals surface area contributed by atoms with Gasteiger partial charge in [0.25, 0.3) is 0 Å². The summed E-state index contributed by atoms with van der Waals surface area (Å²) >= 11 is 0. The molecule has 1 atom stereocenters. The minimum atomic E-state index is -1.08. The first-order valence-electron chi connectivity index (χ1n) is 5.94. The number of aliphatic carboxylic acids is 1. The van der Waals surface area contributed by atoms with Gasteiger partial charge in [0.05, 0.1) is 13.0 Å². The number of carbonyl (C=O) groups excluding carboxylic acids is 1. The number of carboxylic acids is 1. The van der Waals surface area contributed by atoms with Crippen molar-refractivity contribution in [2.75, 3.05) is 6.61 Å². The van der Waals surface area contributed by atoms with Gasteiger partial charge in [0.1, 0.15) is 6.04 Å². The van der Waals surface area contributed by atoms with E-state index in [9.17, 15) is 14.0 Å². The van der Waals surface area contributed by atoms with Crippen molar-refractivity contribution in [1.82, 2.24) is 5.32 Å². The maximum atomic E-state index is 13.2. The topological polar surface area (TPSA) is 75.6 Å². The monoisotopic (exact) mass is 269 g/mol. The summed E-state index contributed by atoms with van der Waals surface area (Å²) in [5.74, 6) is -1.95. The van der Waals surface area contributed by atoms with Gasteiger partial charge in [0.2, 0.25) is 5.91 Å². The molecule has 0 aliphatic rings. The number of para-hydroxylation sites is 1. The first-order valence-corrected chi connectivity index (χ1v) is 5.94. The minimum Gasteiger partial charge on any atom is -0.490 e. The summed E-state index contributed by atoms with van der Waals surface area (Å²) < 4.78 is 18.3. The number of hydrogen-bond donors (Lipinski definition) is 2. The lowest BCUT2D eigenvalue weighted by molar-refractivity contribution is -0.142. The second-order valence-electron chi connectivity index (χ2n) is 3.90. The van der Waals surface area contributed by atoms with Crippen LogP contribution in [-0.2, 0) is 9.59 Å². The Bertz CT molecular complexity index is 450. The molecule has 104 valence electrons. The Hall–Kier alpha value is -2.11. The van der Waals surface area contributed by atoms with Crippen LogP contribution in [0, 0.1) is 5.82 Å². The maximum absolute atomic E-state index is 13.2. The Morgan fingerprint density at radius 2 is 2.11 bits per heavy atom. The molecule has 5 nitrogen and oxygen atoms in total. The van der Waals surface area contributed by atoms with Gasteiger partial charge in [0, 0.05) is 0 Å². The van der Waals surface area contributed by atoms with Crippen molar-refractivity contribution >= 4 is 11.9 Å². The Balaban J connectivity index is 2.35. The molecule has 0 heterocycles. The highest BCUT2D eigenvalue weighted by Crippen LogP contribution is 2.15. The van der Waals surface area contributed by atoms with Crippen LogP contribution < -0.4 is 10.1 Å². The number of rotatable bonds is 7. The molecule has 0 saturated carbocycles. The second-order valence-corrected chi connectivity index (χ2v) is 3.90. The van der Waals surface area contributed by atoms with Crippen molar-refractivity contribution in [3.8, 4) is 5.75 Å². The van der Waals surface area contributed by atoms with E-state index in [1.165, 1.54) is 18.2 Å². The van der Waals surface area contributed by atoms with Crippen LogP contribution in [0.3, 0.4) is 0 Å². The predicted molar refractivity (Wildman–Crippen MR) is 66.4 cm³/mol. The van der Waals surface area contributed by atoms with Crippen LogP contribution >= 0.6 is 0 Å². The van der Waals surface area contributed by atoms with Gasteiger partial charge in [-0.1, -0.05) is 19.1 Å². The summed E-state index contributed by atoms with van der Waals surface area (Å²) in [6.45, 7) is 1.65. The average molecular weight is 269 g/mol. The molecule has 1 unspecified atom stereocenters. The quantitative estimate of drug-likeness (QED) is 0.788. The highest BCUT2D eigenvalue weighted by Gasteiger charge is 2.17. The van der Waals surface area contributed by atoms with E-state index in [1.54, 1.807) is 13.0 Å². The number of benzene rings is 1. The third kappa shape index (κ3) is 4.95. The second kappa shape index (κ2) is 7.35. The van der Waals surface area contributed by atoms with Crippen molar-refractivity contribution in [3.63, 3.8) is 0 Å². The van der Waals surface area contributed by atoms with Crippen molar-refractivity contribution in [1.29, 1.82) is 0 Å². The zero-order valence-corrected chi connectivity index (χ0v) is 10.6. The fourth-order valence-electron chi connectivity index (χ4n) is 1.42. The van der Waals surface area contributed by atoms with Crippen molar-refractivity contribution in [2.45, 2.75) is 25.8 Å². The summed E-state index contributed by atoms with van der Waals surface area (Å²) in [6, 6.07) is 4.97. The van der Waals surface area contributed by atoms with Gasteiger partial charge in [-0.3, -0.25) is 4.79 Å².